The lowest BCUT2D eigenvalue weighted by molar-refractivity contribution is 0.0200. The lowest BCUT2D eigenvalue weighted by Crippen LogP contribution is -2.46. The van der Waals surface area contributed by atoms with E-state index in [-0.39, 0.29) is 11.9 Å². The van der Waals surface area contributed by atoms with Gasteiger partial charge in [-0.25, -0.2) is 13.1 Å². The first kappa shape index (κ1) is 19.5. The van der Waals surface area contributed by atoms with Crippen molar-refractivity contribution in [3.05, 3.63) is 0 Å². The highest BCUT2D eigenvalue weighted by molar-refractivity contribution is 7.89. The van der Waals surface area contributed by atoms with Gasteiger partial charge in [-0.3, -0.25) is 4.99 Å². The zero-order valence-electron chi connectivity index (χ0n) is 14.7. The fourth-order valence-corrected chi connectivity index (χ4v) is 4.15. The molecule has 0 aromatic carbocycles. The van der Waals surface area contributed by atoms with Gasteiger partial charge in [-0.15, -0.1) is 0 Å². The van der Waals surface area contributed by atoms with E-state index in [4.69, 9.17) is 4.74 Å². The Morgan fingerprint density at radius 2 is 1.88 bits per heavy atom. The number of hydrogen-bond acceptors (Lipinski definition) is 4. The van der Waals surface area contributed by atoms with Gasteiger partial charge in [-0.1, -0.05) is 19.3 Å². The summed E-state index contributed by atoms with van der Waals surface area (Å²) in [5.74, 6) is 0.721. The van der Waals surface area contributed by atoms with Gasteiger partial charge in [-0.2, -0.15) is 0 Å². The van der Waals surface area contributed by atoms with Crippen LogP contribution in [0.4, 0.5) is 0 Å². The number of guanidine groups is 1. The van der Waals surface area contributed by atoms with E-state index in [2.05, 4.69) is 20.3 Å². The molecule has 7 nitrogen and oxygen atoms in total. The smallest absolute Gasteiger partial charge is 0.213 e. The van der Waals surface area contributed by atoms with Gasteiger partial charge in [0.25, 0.3) is 0 Å². The highest BCUT2D eigenvalue weighted by Gasteiger charge is 2.18. The normalized spacial score (nSPS) is 23.9. The van der Waals surface area contributed by atoms with Crippen LogP contribution in [-0.2, 0) is 14.8 Å². The van der Waals surface area contributed by atoms with E-state index in [1.54, 1.807) is 7.05 Å². The molecule has 1 saturated heterocycles. The minimum Gasteiger partial charge on any atom is -0.377 e. The Morgan fingerprint density at radius 3 is 2.54 bits per heavy atom. The van der Waals surface area contributed by atoms with Gasteiger partial charge in [0, 0.05) is 32.8 Å². The molecule has 0 aromatic heterocycles. The quantitative estimate of drug-likeness (QED) is 0.465. The van der Waals surface area contributed by atoms with Gasteiger partial charge in [0.1, 0.15) is 0 Å². The van der Waals surface area contributed by atoms with Crippen LogP contribution in [0.3, 0.4) is 0 Å². The van der Waals surface area contributed by atoms with Gasteiger partial charge < -0.3 is 15.4 Å². The van der Waals surface area contributed by atoms with E-state index in [9.17, 15) is 8.42 Å². The molecule has 8 heteroatoms. The molecule has 3 N–H and O–H groups in total. The number of hydrogen-bond donors (Lipinski definition) is 3. The summed E-state index contributed by atoms with van der Waals surface area (Å²) in [5.41, 5.74) is 0. The van der Waals surface area contributed by atoms with Crippen molar-refractivity contribution in [2.75, 3.05) is 32.5 Å². The van der Waals surface area contributed by atoms with Crippen LogP contribution in [0.2, 0.25) is 0 Å². The summed E-state index contributed by atoms with van der Waals surface area (Å²) >= 11 is 0. The third kappa shape index (κ3) is 7.36. The summed E-state index contributed by atoms with van der Waals surface area (Å²) in [7, 11) is -1.58. The first-order valence-corrected chi connectivity index (χ1v) is 10.8. The van der Waals surface area contributed by atoms with E-state index >= 15 is 0 Å². The van der Waals surface area contributed by atoms with Gasteiger partial charge >= 0.3 is 0 Å². The van der Waals surface area contributed by atoms with E-state index in [1.165, 1.54) is 19.3 Å². The van der Waals surface area contributed by atoms with Crippen molar-refractivity contribution in [2.24, 2.45) is 4.99 Å². The zero-order chi connectivity index (χ0) is 17.3. The molecule has 2 rings (SSSR count). The zero-order valence-corrected chi connectivity index (χ0v) is 15.5. The molecule has 0 bridgehead atoms. The Balaban J connectivity index is 1.64. The fraction of sp³-hybridized carbons (Fsp3) is 0.938. The molecule has 1 unspecified atom stereocenters. The van der Waals surface area contributed by atoms with Gasteiger partial charge in [0.05, 0.1) is 11.9 Å². The van der Waals surface area contributed by atoms with E-state index in [0.717, 1.165) is 38.7 Å². The van der Waals surface area contributed by atoms with Crippen molar-refractivity contribution in [1.29, 1.82) is 0 Å². The average Bonchev–Trinajstić information content (AvgIpc) is 2.61. The molecule has 1 aliphatic heterocycles. The van der Waals surface area contributed by atoms with E-state index in [0.29, 0.717) is 25.1 Å². The number of aliphatic imine (C=N–C) groups is 1. The Morgan fingerprint density at radius 1 is 1.12 bits per heavy atom. The molecule has 0 spiro atoms. The van der Waals surface area contributed by atoms with Crippen molar-refractivity contribution in [2.45, 2.75) is 63.5 Å². The van der Waals surface area contributed by atoms with Crippen molar-refractivity contribution in [3.63, 3.8) is 0 Å². The largest absolute Gasteiger partial charge is 0.377 e. The number of nitrogens with one attached hydrogen (secondary N) is 3. The summed E-state index contributed by atoms with van der Waals surface area (Å²) in [6.45, 7) is 1.45. The standard InChI is InChI=1S/C16H32N4O3S/c1-17-16(20-14-7-3-2-4-8-14)18-10-12-24(21,22)19-13-15-9-5-6-11-23-15/h14-15,19H,2-13H2,1H3,(H2,17,18,20). The minimum atomic E-state index is -3.29. The predicted molar refractivity (Wildman–Crippen MR) is 96.8 cm³/mol. The Kier molecular flexibility index (Phi) is 8.28. The Hall–Kier alpha value is -0.860. The van der Waals surface area contributed by atoms with Gasteiger partial charge in [0.2, 0.25) is 10.0 Å². The number of sulfonamides is 1. The number of ether oxygens (including phenoxy) is 1. The van der Waals surface area contributed by atoms with Crippen molar-refractivity contribution >= 4 is 16.0 Å². The molecule has 140 valence electrons. The van der Waals surface area contributed by atoms with Crippen molar-refractivity contribution in [1.82, 2.24) is 15.4 Å². The topological polar surface area (TPSA) is 91.8 Å². The molecule has 1 aliphatic carbocycles. The predicted octanol–water partition coefficient (Wildman–Crippen LogP) is 0.973. The molecular weight excluding hydrogens is 328 g/mol. The Bertz CT molecular complexity index is 484. The summed E-state index contributed by atoms with van der Waals surface area (Å²) in [5, 5.41) is 6.48. The second-order valence-electron chi connectivity index (χ2n) is 6.63. The first-order chi connectivity index (χ1) is 11.6. The molecular formula is C16H32N4O3S. The summed E-state index contributed by atoms with van der Waals surface area (Å²) in [6.07, 6.45) is 9.23. The van der Waals surface area contributed by atoms with Crippen LogP contribution in [-0.4, -0.2) is 59.0 Å². The first-order valence-electron chi connectivity index (χ1n) is 9.15. The lowest BCUT2D eigenvalue weighted by Gasteiger charge is -2.25. The molecule has 0 amide bonds. The summed E-state index contributed by atoms with van der Waals surface area (Å²) < 4.78 is 32.3. The Labute approximate surface area is 146 Å². The molecule has 0 aromatic rings. The third-order valence-electron chi connectivity index (χ3n) is 4.64. The van der Waals surface area contributed by atoms with Crippen LogP contribution >= 0.6 is 0 Å². The van der Waals surface area contributed by atoms with Crippen molar-refractivity contribution in [3.8, 4) is 0 Å². The van der Waals surface area contributed by atoms with Crippen LogP contribution in [0.25, 0.3) is 0 Å². The number of rotatable bonds is 7. The second kappa shape index (κ2) is 10.2. The minimum absolute atomic E-state index is 0.0159. The lowest BCUT2D eigenvalue weighted by atomic mass is 9.96. The van der Waals surface area contributed by atoms with Crippen LogP contribution in [0, 0.1) is 0 Å². The van der Waals surface area contributed by atoms with Gasteiger partial charge in [-0.05, 0) is 32.1 Å². The molecule has 2 fully saturated rings. The molecule has 1 saturated carbocycles. The van der Waals surface area contributed by atoms with Crippen LogP contribution < -0.4 is 15.4 Å². The van der Waals surface area contributed by atoms with E-state index in [1.807, 2.05) is 0 Å². The average molecular weight is 361 g/mol. The van der Waals surface area contributed by atoms with Crippen LogP contribution in [0.15, 0.2) is 4.99 Å². The molecule has 24 heavy (non-hydrogen) atoms. The molecule has 1 atom stereocenters. The highest BCUT2D eigenvalue weighted by Crippen LogP contribution is 2.17. The maximum Gasteiger partial charge on any atom is 0.213 e. The van der Waals surface area contributed by atoms with Crippen LogP contribution in [0.1, 0.15) is 51.4 Å². The third-order valence-corrected chi connectivity index (χ3v) is 5.99. The maximum absolute atomic E-state index is 12.1. The fourth-order valence-electron chi connectivity index (χ4n) is 3.20. The number of nitrogens with zero attached hydrogens (tertiary/aromatic N) is 1. The van der Waals surface area contributed by atoms with Gasteiger partial charge in [0.15, 0.2) is 5.96 Å². The van der Waals surface area contributed by atoms with Crippen LogP contribution in [0.5, 0.6) is 0 Å². The summed E-state index contributed by atoms with van der Waals surface area (Å²) in [4.78, 5) is 4.18. The van der Waals surface area contributed by atoms with Crippen molar-refractivity contribution < 1.29 is 13.2 Å². The van der Waals surface area contributed by atoms with E-state index < -0.39 is 10.0 Å². The SMILES string of the molecule is CN=C(NCCS(=O)(=O)NCC1CCCCO1)NC1CCCCC1. The second-order valence-corrected chi connectivity index (χ2v) is 8.56. The molecule has 0 radical (unpaired) electrons. The maximum atomic E-state index is 12.1. The molecule has 1 heterocycles. The monoisotopic (exact) mass is 360 g/mol. The highest BCUT2D eigenvalue weighted by atomic mass is 32.2. The summed E-state index contributed by atoms with van der Waals surface area (Å²) in [6, 6.07) is 0.447. The molecule has 2 aliphatic rings.